The molecule has 0 aliphatic carbocycles. The molecule has 0 radical (unpaired) electrons. The van der Waals surface area contributed by atoms with E-state index in [4.69, 9.17) is 6.42 Å². The number of aromatic nitrogens is 3. The molecular formula is C22H20N4O. The second-order valence-electron chi connectivity index (χ2n) is 5.99. The maximum absolute atomic E-state index is 12.7. The van der Waals surface area contributed by atoms with E-state index in [1.54, 1.807) is 17.0 Å². The molecule has 5 heteroatoms. The molecular weight excluding hydrogens is 336 g/mol. The summed E-state index contributed by atoms with van der Waals surface area (Å²) in [6.45, 7) is 4.22. The normalized spacial score (nSPS) is 10.4. The van der Waals surface area contributed by atoms with Crippen molar-refractivity contribution in [1.29, 1.82) is 0 Å². The first kappa shape index (κ1) is 18.2. The van der Waals surface area contributed by atoms with Crippen LogP contribution in [0.25, 0.3) is 0 Å². The Morgan fingerprint density at radius 2 is 1.74 bits per heavy atom. The molecule has 0 aliphatic heterocycles. The van der Waals surface area contributed by atoms with Crippen molar-refractivity contribution in [3.05, 3.63) is 96.3 Å². The zero-order valence-electron chi connectivity index (χ0n) is 14.9. The number of hydrogen-bond donors (Lipinski definition) is 0. The molecule has 2 aromatic carbocycles. The highest BCUT2D eigenvalue weighted by Gasteiger charge is 2.22. The maximum atomic E-state index is 12.7. The molecule has 3 rings (SSSR count). The lowest BCUT2D eigenvalue weighted by molar-refractivity contribution is 0.0787. The Labute approximate surface area is 158 Å². The molecule has 0 aliphatic rings. The van der Waals surface area contributed by atoms with Crippen molar-refractivity contribution in [2.24, 2.45) is 0 Å². The predicted molar refractivity (Wildman–Crippen MR) is 105 cm³/mol. The molecule has 0 saturated carbocycles. The van der Waals surface area contributed by atoms with Crippen LogP contribution in [0, 0.1) is 12.3 Å². The van der Waals surface area contributed by atoms with Gasteiger partial charge in [0, 0.05) is 6.54 Å². The SMILES string of the molecule is C#CCN(CC=C)C(=O)c1cn(C(c2ccccc2)c2ccccc2)nn1. The first-order valence-electron chi connectivity index (χ1n) is 8.60. The van der Waals surface area contributed by atoms with Crippen molar-refractivity contribution >= 4 is 5.91 Å². The van der Waals surface area contributed by atoms with Gasteiger partial charge in [0.15, 0.2) is 5.69 Å². The van der Waals surface area contributed by atoms with E-state index in [-0.39, 0.29) is 24.2 Å². The van der Waals surface area contributed by atoms with Gasteiger partial charge in [-0.1, -0.05) is 77.9 Å². The fourth-order valence-corrected chi connectivity index (χ4v) is 2.92. The number of carbonyl (C=O) groups excluding carboxylic acids is 1. The van der Waals surface area contributed by atoms with Crippen LogP contribution in [0.5, 0.6) is 0 Å². The lowest BCUT2D eigenvalue weighted by atomic mass is 9.99. The summed E-state index contributed by atoms with van der Waals surface area (Å²) in [4.78, 5) is 14.2. The average Bonchev–Trinajstić information content (AvgIpc) is 3.19. The zero-order chi connectivity index (χ0) is 19.1. The third kappa shape index (κ3) is 4.13. The van der Waals surface area contributed by atoms with Crippen LogP contribution in [-0.2, 0) is 0 Å². The van der Waals surface area contributed by atoms with Crippen molar-refractivity contribution in [3.63, 3.8) is 0 Å². The Balaban J connectivity index is 1.97. The van der Waals surface area contributed by atoms with E-state index in [9.17, 15) is 4.79 Å². The van der Waals surface area contributed by atoms with E-state index < -0.39 is 0 Å². The van der Waals surface area contributed by atoms with Crippen molar-refractivity contribution in [3.8, 4) is 12.3 Å². The van der Waals surface area contributed by atoms with Crippen molar-refractivity contribution in [1.82, 2.24) is 19.9 Å². The Morgan fingerprint density at radius 1 is 1.15 bits per heavy atom. The number of amides is 1. The quantitative estimate of drug-likeness (QED) is 0.483. The summed E-state index contributed by atoms with van der Waals surface area (Å²) in [6, 6.07) is 19.8. The maximum Gasteiger partial charge on any atom is 0.277 e. The molecule has 0 N–H and O–H groups in total. The second kappa shape index (κ2) is 8.63. The third-order valence-electron chi connectivity index (χ3n) is 4.14. The predicted octanol–water partition coefficient (Wildman–Crippen LogP) is 3.18. The van der Waals surface area contributed by atoms with E-state index in [1.165, 1.54) is 4.90 Å². The highest BCUT2D eigenvalue weighted by atomic mass is 16.2. The van der Waals surface area contributed by atoms with Gasteiger partial charge in [-0.05, 0) is 11.1 Å². The number of terminal acetylenes is 1. The van der Waals surface area contributed by atoms with Crippen LogP contribution in [0.1, 0.15) is 27.7 Å². The summed E-state index contributed by atoms with van der Waals surface area (Å²) in [5.74, 6) is 2.22. The van der Waals surface area contributed by atoms with Gasteiger partial charge in [-0.25, -0.2) is 4.68 Å². The van der Waals surface area contributed by atoms with Gasteiger partial charge in [0.05, 0.1) is 12.7 Å². The summed E-state index contributed by atoms with van der Waals surface area (Å²) in [7, 11) is 0. The van der Waals surface area contributed by atoms with Gasteiger partial charge < -0.3 is 4.90 Å². The molecule has 0 atom stereocenters. The van der Waals surface area contributed by atoms with Gasteiger partial charge in [-0.3, -0.25) is 4.79 Å². The molecule has 27 heavy (non-hydrogen) atoms. The third-order valence-corrected chi connectivity index (χ3v) is 4.14. The first-order valence-corrected chi connectivity index (χ1v) is 8.60. The summed E-state index contributed by atoms with van der Waals surface area (Å²) in [5, 5.41) is 8.33. The van der Waals surface area contributed by atoms with Gasteiger partial charge in [-0.15, -0.1) is 18.1 Å². The van der Waals surface area contributed by atoms with Crippen LogP contribution in [0.2, 0.25) is 0 Å². The van der Waals surface area contributed by atoms with Gasteiger partial charge in [0.1, 0.15) is 6.04 Å². The molecule has 3 aromatic rings. The standard InChI is InChI=1S/C22H20N4O/c1-3-15-25(16-4-2)22(27)20-17-26(24-23-20)21(18-11-7-5-8-12-18)19-13-9-6-10-14-19/h1,4-14,17,21H,2,15-16H2. The topological polar surface area (TPSA) is 51.0 Å². The Morgan fingerprint density at radius 3 is 2.26 bits per heavy atom. The van der Waals surface area contributed by atoms with Crippen LogP contribution in [0.3, 0.4) is 0 Å². The molecule has 1 amide bonds. The summed E-state index contributed by atoms with van der Waals surface area (Å²) in [6.07, 6.45) is 8.66. The van der Waals surface area contributed by atoms with E-state index in [2.05, 4.69) is 22.8 Å². The largest absolute Gasteiger partial charge is 0.322 e. The molecule has 0 bridgehead atoms. The zero-order valence-corrected chi connectivity index (χ0v) is 14.9. The lowest BCUT2D eigenvalue weighted by Gasteiger charge is -2.18. The summed E-state index contributed by atoms with van der Waals surface area (Å²) in [5.41, 5.74) is 2.36. The van der Waals surface area contributed by atoms with Crippen LogP contribution >= 0.6 is 0 Å². The van der Waals surface area contributed by atoms with Crippen LogP contribution in [0.4, 0.5) is 0 Å². The van der Waals surface area contributed by atoms with Crippen molar-refractivity contribution in [2.45, 2.75) is 6.04 Å². The van der Waals surface area contributed by atoms with E-state index in [0.717, 1.165) is 11.1 Å². The first-order chi connectivity index (χ1) is 13.2. The van der Waals surface area contributed by atoms with Crippen molar-refractivity contribution < 1.29 is 4.79 Å². The minimum absolute atomic E-state index is 0.179. The fraction of sp³-hybridized carbons (Fsp3) is 0.136. The van der Waals surface area contributed by atoms with E-state index in [0.29, 0.717) is 6.54 Å². The van der Waals surface area contributed by atoms with Gasteiger partial charge >= 0.3 is 0 Å². The van der Waals surface area contributed by atoms with Gasteiger partial charge in [0.2, 0.25) is 0 Å². The van der Waals surface area contributed by atoms with Crippen LogP contribution in [0.15, 0.2) is 79.5 Å². The van der Waals surface area contributed by atoms with Gasteiger partial charge in [-0.2, -0.15) is 0 Å². The molecule has 134 valence electrons. The minimum atomic E-state index is -0.265. The minimum Gasteiger partial charge on any atom is -0.322 e. The Hall–Kier alpha value is -3.65. The molecule has 0 spiro atoms. The van der Waals surface area contributed by atoms with E-state index in [1.807, 2.05) is 60.7 Å². The molecule has 5 nitrogen and oxygen atoms in total. The number of nitrogens with zero attached hydrogens (tertiary/aromatic N) is 4. The lowest BCUT2D eigenvalue weighted by Crippen LogP contribution is -2.31. The Kier molecular flexibility index (Phi) is 5.80. The highest BCUT2D eigenvalue weighted by Crippen LogP contribution is 2.25. The Bertz CT molecular complexity index is 902. The molecule has 0 unspecified atom stereocenters. The summed E-state index contributed by atoms with van der Waals surface area (Å²) >= 11 is 0. The van der Waals surface area contributed by atoms with E-state index >= 15 is 0 Å². The fourth-order valence-electron chi connectivity index (χ4n) is 2.92. The smallest absolute Gasteiger partial charge is 0.277 e. The van der Waals surface area contributed by atoms with Crippen LogP contribution < -0.4 is 0 Å². The second-order valence-corrected chi connectivity index (χ2v) is 5.99. The van der Waals surface area contributed by atoms with Crippen molar-refractivity contribution in [2.75, 3.05) is 13.1 Å². The molecule has 0 fully saturated rings. The number of benzene rings is 2. The van der Waals surface area contributed by atoms with Crippen LogP contribution in [-0.4, -0.2) is 38.9 Å². The number of carbonyl (C=O) groups is 1. The summed E-state index contributed by atoms with van der Waals surface area (Å²) < 4.78 is 1.71. The molecule has 0 saturated heterocycles. The highest BCUT2D eigenvalue weighted by molar-refractivity contribution is 5.92. The number of hydrogen-bond acceptors (Lipinski definition) is 3. The molecule has 1 heterocycles. The monoisotopic (exact) mass is 356 g/mol. The number of rotatable bonds is 7. The average molecular weight is 356 g/mol. The molecule has 1 aromatic heterocycles. The van der Waals surface area contributed by atoms with Gasteiger partial charge in [0.25, 0.3) is 5.91 Å².